The van der Waals surface area contributed by atoms with Gasteiger partial charge in [0.05, 0.1) is 18.2 Å². The number of halogens is 1. The maximum Gasteiger partial charge on any atom is 0.360 e. The van der Waals surface area contributed by atoms with E-state index in [1.807, 2.05) is 0 Å². The molecule has 0 spiro atoms. The van der Waals surface area contributed by atoms with E-state index in [-0.39, 0.29) is 18.2 Å². The molecule has 0 saturated heterocycles. The van der Waals surface area contributed by atoms with Crippen LogP contribution in [0.1, 0.15) is 28.9 Å². The van der Waals surface area contributed by atoms with Crippen molar-refractivity contribution in [1.82, 2.24) is 25.0 Å². The van der Waals surface area contributed by atoms with Crippen LogP contribution in [0.25, 0.3) is 0 Å². The van der Waals surface area contributed by atoms with Gasteiger partial charge >= 0.3 is 5.97 Å². The highest BCUT2D eigenvalue weighted by molar-refractivity contribution is 6.17. The van der Waals surface area contributed by atoms with Crippen molar-refractivity contribution < 1.29 is 9.53 Å². The molecule has 0 aliphatic heterocycles. The molecule has 0 bridgehead atoms. The van der Waals surface area contributed by atoms with Crippen LogP contribution in [-0.2, 0) is 17.2 Å². The molecule has 0 atom stereocenters. The van der Waals surface area contributed by atoms with Gasteiger partial charge in [0.25, 0.3) is 0 Å². The molecule has 0 radical (unpaired) electrons. The number of nitrogens with zero attached hydrogens (tertiary/aromatic N) is 5. The van der Waals surface area contributed by atoms with Gasteiger partial charge in [0.2, 0.25) is 0 Å². The van der Waals surface area contributed by atoms with Gasteiger partial charge in [-0.3, -0.25) is 0 Å². The summed E-state index contributed by atoms with van der Waals surface area (Å²) in [6, 6.07) is 1.72. The van der Waals surface area contributed by atoms with Gasteiger partial charge < -0.3 is 4.74 Å². The second kappa shape index (κ2) is 6.24. The van der Waals surface area contributed by atoms with E-state index in [0.717, 1.165) is 0 Å². The zero-order valence-electron chi connectivity index (χ0n) is 10.3. The minimum atomic E-state index is -0.529. The smallest absolute Gasteiger partial charge is 0.360 e. The lowest BCUT2D eigenvalue weighted by molar-refractivity contribution is 0.0518. The third-order valence-corrected chi connectivity index (χ3v) is 2.60. The summed E-state index contributed by atoms with van der Waals surface area (Å²) < 4.78 is 6.38. The second-order valence-electron chi connectivity index (χ2n) is 3.56. The average Bonchev–Trinajstić information content (AvgIpc) is 2.83. The van der Waals surface area contributed by atoms with Crippen LogP contribution in [-0.4, -0.2) is 37.5 Å². The van der Waals surface area contributed by atoms with Crippen molar-refractivity contribution in [2.24, 2.45) is 0 Å². The molecule has 2 rings (SSSR count). The predicted octanol–water partition coefficient (Wildman–Crippen LogP) is 1.03. The highest BCUT2D eigenvalue weighted by atomic mass is 35.5. The highest BCUT2D eigenvalue weighted by Gasteiger charge is 2.20. The number of ether oxygens (including phenoxy) is 1. The van der Waals surface area contributed by atoms with E-state index >= 15 is 0 Å². The predicted molar refractivity (Wildman–Crippen MR) is 66.7 cm³/mol. The second-order valence-corrected chi connectivity index (χ2v) is 3.83. The Morgan fingerprint density at radius 2 is 2.16 bits per heavy atom. The number of hydrogen-bond acceptors (Lipinski definition) is 6. The number of rotatable bonds is 5. The monoisotopic (exact) mass is 281 g/mol. The maximum absolute atomic E-state index is 11.7. The third-order valence-electron chi connectivity index (χ3n) is 2.34. The molecule has 2 heterocycles. The minimum Gasteiger partial charge on any atom is -0.461 e. The molecule has 2 aromatic rings. The first-order valence-electron chi connectivity index (χ1n) is 5.67. The molecule has 2 aromatic heterocycles. The lowest BCUT2D eigenvalue weighted by Crippen LogP contribution is -2.11. The van der Waals surface area contributed by atoms with Gasteiger partial charge in [-0.15, -0.1) is 16.7 Å². The Labute approximate surface area is 114 Å². The number of alkyl halides is 1. The molecule has 19 heavy (non-hydrogen) atoms. The van der Waals surface area contributed by atoms with Crippen LogP contribution in [0.4, 0.5) is 0 Å². The van der Waals surface area contributed by atoms with E-state index in [2.05, 4.69) is 20.3 Å². The molecule has 0 aromatic carbocycles. The van der Waals surface area contributed by atoms with Crippen molar-refractivity contribution in [1.29, 1.82) is 0 Å². The lowest BCUT2D eigenvalue weighted by Gasteiger charge is -2.04. The van der Waals surface area contributed by atoms with Gasteiger partial charge in [-0.1, -0.05) is 5.21 Å². The summed E-state index contributed by atoms with van der Waals surface area (Å²) in [6.45, 7) is 2.30. The molecule has 0 aliphatic rings. The average molecular weight is 282 g/mol. The Morgan fingerprint density at radius 3 is 2.79 bits per heavy atom. The Kier molecular flexibility index (Phi) is 4.40. The fraction of sp³-hybridized carbons (Fsp3) is 0.364. The first kappa shape index (κ1) is 13.4. The Bertz CT molecular complexity index is 557. The molecular weight excluding hydrogens is 270 g/mol. The van der Waals surface area contributed by atoms with Gasteiger partial charge in [0.15, 0.2) is 5.69 Å². The highest BCUT2D eigenvalue weighted by Crippen LogP contribution is 2.11. The molecule has 8 heteroatoms. The third kappa shape index (κ3) is 3.05. The van der Waals surface area contributed by atoms with E-state index in [4.69, 9.17) is 16.3 Å². The van der Waals surface area contributed by atoms with E-state index < -0.39 is 5.97 Å². The number of hydrogen-bond donors (Lipinski definition) is 0. The summed E-state index contributed by atoms with van der Waals surface area (Å²) >= 11 is 5.84. The van der Waals surface area contributed by atoms with Crippen molar-refractivity contribution in [3.05, 3.63) is 35.7 Å². The molecule has 0 N–H and O–H groups in total. The van der Waals surface area contributed by atoms with Crippen molar-refractivity contribution >= 4 is 17.6 Å². The maximum atomic E-state index is 11.7. The lowest BCUT2D eigenvalue weighted by atomic mass is 10.3. The summed E-state index contributed by atoms with van der Waals surface area (Å²) in [7, 11) is 0. The Hall–Kier alpha value is -2.02. The molecule has 0 saturated carbocycles. The molecule has 0 aliphatic carbocycles. The van der Waals surface area contributed by atoms with Crippen molar-refractivity contribution in [3.63, 3.8) is 0 Å². The van der Waals surface area contributed by atoms with Crippen molar-refractivity contribution in [2.45, 2.75) is 19.3 Å². The van der Waals surface area contributed by atoms with Crippen molar-refractivity contribution in [3.8, 4) is 0 Å². The molecule has 0 amide bonds. The normalized spacial score (nSPS) is 10.4. The SMILES string of the molecule is CCOC(=O)c1nnn(Cc2ncccn2)c1CCl. The van der Waals surface area contributed by atoms with E-state index in [1.54, 1.807) is 25.4 Å². The van der Waals surface area contributed by atoms with Crippen LogP contribution in [0.3, 0.4) is 0 Å². The molecular formula is C11H12ClN5O2. The van der Waals surface area contributed by atoms with Crippen LogP contribution in [0.15, 0.2) is 18.5 Å². The van der Waals surface area contributed by atoms with Gasteiger partial charge in [-0.2, -0.15) is 0 Å². The van der Waals surface area contributed by atoms with Gasteiger partial charge in [-0.25, -0.2) is 19.4 Å². The molecule has 0 fully saturated rings. The standard InChI is InChI=1S/C11H12ClN5O2/c1-2-19-11(18)10-8(6-12)17(16-15-10)7-9-13-4-3-5-14-9/h3-5H,2,6-7H2,1H3. The summed E-state index contributed by atoms with van der Waals surface area (Å²) in [5.74, 6) is 0.140. The Morgan fingerprint density at radius 1 is 1.42 bits per heavy atom. The zero-order valence-corrected chi connectivity index (χ0v) is 11.0. The number of aromatic nitrogens is 5. The molecule has 100 valence electrons. The topological polar surface area (TPSA) is 82.8 Å². The fourth-order valence-corrected chi connectivity index (χ4v) is 1.76. The first-order chi connectivity index (χ1) is 9.26. The zero-order chi connectivity index (χ0) is 13.7. The summed E-state index contributed by atoms with van der Waals surface area (Å²) in [5, 5.41) is 7.69. The molecule has 7 nitrogen and oxygen atoms in total. The van der Waals surface area contributed by atoms with Crippen LogP contribution in [0.2, 0.25) is 0 Å². The van der Waals surface area contributed by atoms with Gasteiger partial charge in [0.1, 0.15) is 12.4 Å². The van der Waals surface area contributed by atoms with Gasteiger partial charge in [0, 0.05) is 12.4 Å². The van der Waals surface area contributed by atoms with Crippen LogP contribution < -0.4 is 0 Å². The van der Waals surface area contributed by atoms with E-state index in [9.17, 15) is 4.79 Å². The largest absolute Gasteiger partial charge is 0.461 e. The summed E-state index contributed by atoms with van der Waals surface area (Å²) in [4.78, 5) is 19.8. The van der Waals surface area contributed by atoms with Gasteiger partial charge in [-0.05, 0) is 13.0 Å². The first-order valence-corrected chi connectivity index (χ1v) is 6.21. The number of esters is 1. The van der Waals surface area contributed by atoms with Crippen LogP contribution >= 0.6 is 11.6 Å². The van der Waals surface area contributed by atoms with E-state index in [1.165, 1.54) is 4.68 Å². The fourth-order valence-electron chi connectivity index (χ4n) is 1.50. The van der Waals surface area contributed by atoms with E-state index in [0.29, 0.717) is 18.1 Å². The number of carbonyl (C=O) groups excluding carboxylic acids is 1. The summed E-state index contributed by atoms with van der Waals surface area (Å²) in [6.07, 6.45) is 3.26. The summed E-state index contributed by atoms with van der Waals surface area (Å²) in [5.41, 5.74) is 0.625. The Balaban J connectivity index is 2.25. The quantitative estimate of drug-likeness (QED) is 0.601. The minimum absolute atomic E-state index is 0.105. The van der Waals surface area contributed by atoms with Crippen LogP contribution in [0, 0.1) is 0 Å². The van der Waals surface area contributed by atoms with Crippen molar-refractivity contribution in [2.75, 3.05) is 6.61 Å². The number of carbonyl (C=O) groups is 1. The molecule has 0 unspecified atom stereocenters. The van der Waals surface area contributed by atoms with Crippen LogP contribution in [0.5, 0.6) is 0 Å².